The Labute approximate surface area is 124 Å². The summed E-state index contributed by atoms with van der Waals surface area (Å²) in [4.78, 5) is 7.85. The van der Waals surface area contributed by atoms with Crippen molar-refractivity contribution in [2.24, 2.45) is 4.99 Å². The lowest BCUT2D eigenvalue weighted by Crippen LogP contribution is -1.99. The van der Waals surface area contributed by atoms with Crippen molar-refractivity contribution in [1.82, 2.24) is 4.98 Å². The highest BCUT2D eigenvalue weighted by Gasteiger charge is 2.12. The minimum atomic E-state index is -0.581. The molecule has 0 radical (unpaired) electrons. The molecule has 5 nitrogen and oxygen atoms in total. The van der Waals surface area contributed by atoms with Crippen LogP contribution >= 0.6 is 11.6 Å². The van der Waals surface area contributed by atoms with E-state index in [1.807, 2.05) is 6.07 Å². The molecule has 0 saturated heterocycles. The Hall–Kier alpha value is -2.65. The number of pyridine rings is 1. The molecular weight excluding hydrogens is 297 g/mol. The second-order valence-corrected chi connectivity index (χ2v) is 4.32. The van der Waals surface area contributed by atoms with Crippen molar-refractivity contribution in [2.45, 2.75) is 0 Å². The molecule has 7 heteroatoms. The Morgan fingerprint density at radius 3 is 2.86 bits per heavy atom. The Bertz CT molecular complexity index is 756. The lowest BCUT2D eigenvalue weighted by atomic mass is 10.1. The van der Waals surface area contributed by atoms with Crippen LogP contribution in [-0.4, -0.2) is 22.9 Å². The van der Waals surface area contributed by atoms with Crippen LogP contribution in [0.3, 0.4) is 0 Å². The molecule has 2 aromatic rings. The van der Waals surface area contributed by atoms with Crippen molar-refractivity contribution < 1.29 is 14.2 Å². The summed E-state index contributed by atoms with van der Waals surface area (Å²) >= 11 is 5.66. The van der Waals surface area contributed by atoms with Gasteiger partial charge in [0.15, 0.2) is 5.71 Å². The fourth-order valence-electron chi connectivity index (χ4n) is 1.56. The number of benzene rings is 1. The Morgan fingerprint density at radius 2 is 2.24 bits per heavy atom. The lowest BCUT2D eigenvalue weighted by Gasteiger charge is -2.05. The first-order valence-corrected chi connectivity index (χ1v) is 6.10. The van der Waals surface area contributed by atoms with Gasteiger partial charge in [-0.3, -0.25) is 0 Å². The lowest BCUT2D eigenvalue weighted by molar-refractivity contribution is 0.394. The number of halogens is 2. The zero-order valence-corrected chi connectivity index (χ0v) is 11.6. The number of aromatic nitrogens is 1. The molecule has 0 unspecified atom stereocenters. The summed E-state index contributed by atoms with van der Waals surface area (Å²) in [6, 6.07) is 7.03. The van der Waals surface area contributed by atoms with Crippen LogP contribution in [0.5, 0.6) is 11.6 Å². The third kappa shape index (κ3) is 3.27. The quantitative estimate of drug-likeness (QED) is 0.883. The molecule has 0 aliphatic rings. The molecule has 1 N–H and O–H groups in total. The normalized spacial score (nSPS) is 11.0. The van der Waals surface area contributed by atoms with E-state index in [1.54, 1.807) is 0 Å². The summed E-state index contributed by atoms with van der Waals surface area (Å²) in [7, 11) is 1.41. The number of aromatic hydroxyl groups is 1. The van der Waals surface area contributed by atoms with E-state index >= 15 is 0 Å². The van der Waals surface area contributed by atoms with Crippen LogP contribution in [0.25, 0.3) is 0 Å². The van der Waals surface area contributed by atoms with Gasteiger partial charge < -0.3 is 9.84 Å². The third-order valence-corrected chi connectivity index (χ3v) is 2.86. The van der Waals surface area contributed by atoms with E-state index < -0.39 is 5.82 Å². The summed E-state index contributed by atoms with van der Waals surface area (Å²) < 4.78 is 18.0. The van der Waals surface area contributed by atoms with E-state index in [9.17, 15) is 14.8 Å². The van der Waals surface area contributed by atoms with E-state index in [2.05, 4.69) is 9.98 Å². The SMILES string of the molecule is COc1cc(/C(C#N)=N/c2ccc(F)c(Cl)c2)c(O)cn1. The van der Waals surface area contributed by atoms with Crippen LogP contribution in [-0.2, 0) is 0 Å². The molecule has 0 fully saturated rings. The van der Waals surface area contributed by atoms with Crippen molar-refractivity contribution in [3.05, 3.63) is 46.9 Å². The molecule has 0 atom stereocenters. The predicted octanol–water partition coefficient (Wildman–Crippen LogP) is 3.23. The third-order valence-electron chi connectivity index (χ3n) is 2.57. The van der Waals surface area contributed by atoms with E-state index in [4.69, 9.17) is 16.3 Å². The number of nitrogens with zero attached hydrogens (tertiary/aromatic N) is 3. The second-order valence-electron chi connectivity index (χ2n) is 3.91. The number of rotatable bonds is 3. The van der Waals surface area contributed by atoms with Gasteiger partial charge in [0.2, 0.25) is 5.88 Å². The molecule has 1 aromatic carbocycles. The maximum absolute atomic E-state index is 13.1. The highest BCUT2D eigenvalue weighted by Crippen LogP contribution is 2.25. The maximum atomic E-state index is 13.1. The van der Waals surface area contributed by atoms with Crippen molar-refractivity contribution in [3.63, 3.8) is 0 Å². The van der Waals surface area contributed by atoms with Gasteiger partial charge in [0.05, 0.1) is 29.6 Å². The fraction of sp³-hybridized carbons (Fsp3) is 0.0714. The molecule has 0 bridgehead atoms. The molecule has 0 spiro atoms. The molecule has 0 amide bonds. The van der Waals surface area contributed by atoms with Crippen LogP contribution in [0.15, 0.2) is 35.5 Å². The van der Waals surface area contributed by atoms with Gasteiger partial charge in [-0.1, -0.05) is 11.6 Å². The van der Waals surface area contributed by atoms with Gasteiger partial charge in [0.1, 0.15) is 17.6 Å². The number of hydrogen-bond donors (Lipinski definition) is 1. The maximum Gasteiger partial charge on any atom is 0.213 e. The van der Waals surface area contributed by atoms with Crippen LogP contribution in [0.2, 0.25) is 5.02 Å². The van der Waals surface area contributed by atoms with Crippen LogP contribution in [0.1, 0.15) is 5.56 Å². The molecule has 106 valence electrons. The van der Waals surface area contributed by atoms with E-state index in [0.29, 0.717) is 0 Å². The zero-order chi connectivity index (χ0) is 15.4. The van der Waals surface area contributed by atoms with Crippen molar-refractivity contribution in [3.8, 4) is 17.7 Å². The summed E-state index contributed by atoms with van der Waals surface area (Å²) in [6.07, 6.45) is 1.15. The van der Waals surface area contributed by atoms with E-state index in [-0.39, 0.29) is 33.6 Å². The van der Waals surface area contributed by atoms with Gasteiger partial charge in [-0.25, -0.2) is 14.4 Å². The Kier molecular flexibility index (Phi) is 4.36. The van der Waals surface area contributed by atoms with Gasteiger partial charge in [-0.15, -0.1) is 0 Å². The predicted molar refractivity (Wildman–Crippen MR) is 75.7 cm³/mol. The highest BCUT2D eigenvalue weighted by molar-refractivity contribution is 6.31. The number of methoxy groups -OCH3 is 1. The smallest absolute Gasteiger partial charge is 0.213 e. The van der Waals surface area contributed by atoms with Gasteiger partial charge in [0.25, 0.3) is 0 Å². The van der Waals surface area contributed by atoms with E-state index in [0.717, 1.165) is 12.3 Å². The molecule has 0 aliphatic carbocycles. The number of hydrogen-bond acceptors (Lipinski definition) is 5. The first-order valence-electron chi connectivity index (χ1n) is 5.72. The van der Waals surface area contributed by atoms with Gasteiger partial charge in [-0.2, -0.15) is 5.26 Å². The van der Waals surface area contributed by atoms with E-state index in [1.165, 1.54) is 25.3 Å². The van der Waals surface area contributed by atoms with Crippen molar-refractivity contribution >= 4 is 23.0 Å². The monoisotopic (exact) mass is 305 g/mol. The minimum absolute atomic E-state index is 0.0733. The summed E-state index contributed by atoms with van der Waals surface area (Å²) in [5.74, 6) is -0.574. The fourth-order valence-corrected chi connectivity index (χ4v) is 1.73. The summed E-state index contributed by atoms with van der Waals surface area (Å²) in [6.45, 7) is 0. The number of ether oxygens (including phenoxy) is 1. The Balaban J connectivity index is 2.51. The van der Waals surface area contributed by atoms with Crippen molar-refractivity contribution in [1.29, 1.82) is 5.26 Å². The summed E-state index contributed by atoms with van der Waals surface area (Å²) in [5.41, 5.74) is 0.369. The zero-order valence-electron chi connectivity index (χ0n) is 10.8. The molecule has 0 saturated carbocycles. The first-order chi connectivity index (χ1) is 10.0. The van der Waals surface area contributed by atoms with Crippen LogP contribution in [0, 0.1) is 17.1 Å². The highest BCUT2D eigenvalue weighted by atomic mass is 35.5. The van der Waals surface area contributed by atoms with Gasteiger partial charge >= 0.3 is 0 Å². The first kappa shape index (κ1) is 14.8. The van der Waals surface area contributed by atoms with Crippen LogP contribution < -0.4 is 4.74 Å². The number of nitriles is 1. The second kappa shape index (κ2) is 6.20. The average Bonchev–Trinajstić information content (AvgIpc) is 2.49. The summed E-state index contributed by atoms with van der Waals surface area (Å²) in [5, 5.41) is 18.9. The standard InChI is InChI=1S/C14H9ClFN3O2/c1-21-14-5-9(13(20)7-18-14)12(6-17)19-8-2-3-11(16)10(15)4-8/h2-5,7,20H,1H3/b19-12+. The molecular formula is C14H9ClFN3O2. The molecule has 1 aromatic heterocycles. The molecule has 1 heterocycles. The van der Waals surface area contributed by atoms with Gasteiger partial charge in [0, 0.05) is 6.07 Å². The molecule has 0 aliphatic heterocycles. The number of aliphatic imine (C=N–C) groups is 1. The van der Waals surface area contributed by atoms with Crippen molar-refractivity contribution in [2.75, 3.05) is 7.11 Å². The largest absolute Gasteiger partial charge is 0.506 e. The Morgan fingerprint density at radius 1 is 1.48 bits per heavy atom. The molecule has 21 heavy (non-hydrogen) atoms. The molecule has 2 rings (SSSR count). The average molecular weight is 306 g/mol. The van der Waals surface area contributed by atoms with Gasteiger partial charge in [-0.05, 0) is 18.2 Å². The minimum Gasteiger partial charge on any atom is -0.506 e. The topological polar surface area (TPSA) is 78.5 Å². The van der Waals surface area contributed by atoms with Crippen LogP contribution in [0.4, 0.5) is 10.1 Å².